The predicted octanol–water partition coefficient (Wildman–Crippen LogP) is 3.59. The quantitative estimate of drug-likeness (QED) is 0.808. The molecule has 1 amide bonds. The summed E-state index contributed by atoms with van der Waals surface area (Å²) in [6, 6.07) is 11.4. The minimum atomic E-state index is -0.450. The lowest BCUT2D eigenvalue weighted by molar-refractivity contribution is -0.0114. The van der Waals surface area contributed by atoms with Crippen molar-refractivity contribution in [2.24, 2.45) is 0 Å². The minimum Gasteiger partial charge on any atom is -0.444 e. The van der Waals surface area contributed by atoms with Gasteiger partial charge in [-0.25, -0.2) is 4.79 Å². The summed E-state index contributed by atoms with van der Waals surface area (Å²) in [5, 5.41) is 0. The number of rotatable bonds is 4. The summed E-state index contributed by atoms with van der Waals surface area (Å²) < 4.78 is 5.64. The fraction of sp³-hybridized carbons (Fsp3) is 0.682. The van der Waals surface area contributed by atoms with E-state index in [1.165, 1.54) is 31.5 Å². The largest absolute Gasteiger partial charge is 0.444 e. The Labute approximate surface area is 164 Å². The minimum absolute atomic E-state index is 0.180. The molecule has 0 radical (unpaired) electrons. The van der Waals surface area contributed by atoms with E-state index in [0.29, 0.717) is 12.1 Å². The van der Waals surface area contributed by atoms with Crippen LogP contribution in [0, 0.1) is 0 Å². The fourth-order valence-electron chi connectivity index (χ4n) is 4.20. The number of nitrogens with zero attached hydrogens (tertiary/aromatic N) is 3. The molecule has 0 spiro atoms. The number of carbonyl (C=O) groups is 1. The number of amides is 1. The van der Waals surface area contributed by atoms with Crippen LogP contribution in [0.15, 0.2) is 30.3 Å². The number of hydrogen-bond donors (Lipinski definition) is 0. The molecule has 27 heavy (non-hydrogen) atoms. The van der Waals surface area contributed by atoms with Crippen molar-refractivity contribution in [1.29, 1.82) is 0 Å². The van der Waals surface area contributed by atoms with E-state index in [2.05, 4.69) is 47.1 Å². The maximum Gasteiger partial charge on any atom is 0.410 e. The number of carbonyl (C=O) groups excluding carboxylic acids is 1. The van der Waals surface area contributed by atoms with Crippen LogP contribution in [0.4, 0.5) is 4.79 Å². The van der Waals surface area contributed by atoms with Gasteiger partial charge >= 0.3 is 6.09 Å². The summed E-state index contributed by atoms with van der Waals surface area (Å²) in [4.78, 5) is 19.7. The average molecular weight is 374 g/mol. The molecule has 2 atom stereocenters. The monoisotopic (exact) mass is 373 g/mol. The SMILES string of the molecule is C[C@@H]([C@@H]1CN(C(=O)OC(C)(C)C)CCN1Cc1ccccc1)N1CCCC1. The second-order valence-electron chi connectivity index (χ2n) is 8.93. The van der Waals surface area contributed by atoms with Crippen LogP contribution in [0.1, 0.15) is 46.1 Å². The van der Waals surface area contributed by atoms with Gasteiger partial charge in [-0.2, -0.15) is 0 Å². The maximum absolute atomic E-state index is 12.6. The Morgan fingerprint density at radius 2 is 1.78 bits per heavy atom. The molecule has 0 unspecified atom stereocenters. The number of piperazine rings is 1. The van der Waals surface area contributed by atoms with Gasteiger partial charge in [0.15, 0.2) is 0 Å². The van der Waals surface area contributed by atoms with Crippen molar-refractivity contribution in [1.82, 2.24) is 14.7 Å². The summed E-state index contributed by atoms with van der Waals surface area (Å²) in [5.74, 6) is 0. The highest BCUT2D eigenvalue weighted by Gasteiger charge is 2.37. The van der Waals surface area contributed by atoms with Crippen LogP contribution in [-0.4, -0.2) is 71.2 Å². The molecular formula is C22H35N3O2. The van der Waals surface area contributed by atoms with Crippen LogP contribution in [-0.2, 0) is 11.3 Å². The Bertz CT molecular complexity index is 608. The Balaban J connectivity index is 1.72. The van der Waals surface area contributed by atoms with Crippen LogP contribution in [0.25, 0.3) is 0 Å². The fourth-order valence-corrected chi connectivity index (χ4v) is 4.20. The molecule has 0 N–H and O–H groups in total. The Morgan fingerprint density at radius 1 is 1.11 bits per heavy atom. The van der Waals surface area contributed by atoms with E-state index < -0.39 is 5.60 Å². The molecule has 0 bridgehead atoms. The van der Waals surface area contributed by atoms with Crippen molar-refractivity contribution in [3.8, 4) is 0 Å². The van der Waals surface area contributed by atoms with Gasteiger partial charge in [0.2, 0.25) is 0 Å². The maximum atomic E-state index is 12.6. The van der Waals surface area contributed by atoms with Crippen LogP contribution < -0.4 is 0 Å². The summed E-state index contributed by atoms with van der Waals surface area (Å²) in [6.07, 6.45) is 2.39. The van der Waals surface area contributed by atoms with Gasteiger partial charge in [0.25, 0.3) is 0 Å². The highest BCUT2D eigenvalue weighted by Crippen LogP contribution is 2.23. The molecule has 5 nitrogen and oxygen atoms in total. The van der Waals surface area contributed by atoms with Crippen molar-refractivity contribution in [2.45, 2.75) is 64.8 Å². The first kappa shape index (κ1) is 20.2. The summed E-state index contributed by atoms with van der Waals surface area (Å²) >= 11 is 0. The van der Waals surface area contributed by atoms with Crippen molar-refractivity contribution in [3.05, 3.63) is 35.9 Å². The van der Waals surface area contributed by atoms with E-state index in [9.17, 15) is 4.79 Å². The van der Waals surface area contributed by atoms with Gasteiger partial charge in [-0.05, 0) is 59.2 Å². The highest BCUT2D eigenvalue weighted by atomic mass is 16.6. The standard InChI is InChI=1S/C22H35N3O2/c1-18(23-12-8-9-13-23)20-17-25(21(26)27-22(2,3)4)15-14-24(20)16-19-10-6-5-7-11-19/h5-7,10-11,18,20H,8-9,12-17H2,1-4H3/t18-,20-/m0/s1. The lowest BCUT2D eigenvalue weighted by Gasteiger charge is -2.46. The third kappa shape index (κ3) is 5.45. The van der Waals surface area contributed by atoms with Crippen LogP contribution in [0.3, 0.4) is 0 Å². The Hall–Kier alpha value is -1.59. The van der Waals surface area contributed by atoms with Gasteiger partial charge in [-0.15, -0.1) is 0 Å². The van der Waals surface area contributed by atoms with Crippen molar-refractivity contribution < 1.29 is 9.53 Å². The summed E-state index contributed by atoms with van der Waals surface area (Å²) in [6.45, 7) is 13.7. The smallest absolute Gasteiger partial charge is 0.410 e. The van der Waals surface area contributed by atoms with Gasteiger partial charge in [0.1, 0.15) is 5.60 Å². The van der Waals surface area contributed by atoms with Gasteiger partial charge < -0.3 is 9.64 Å². The molecule has 0 saturated carbocycles. The van der Waals surface area contributed by atoms with E-state index >= 15 is 0 Å². The highest BCUT2D eigenvalue weighted by molar-refractivity contribution is 5.68. The van der Waals surface area contributed by atoms with E-state index in [1.54, 1.807) is 0 Å². The Kier molecular flexibility index (Phi) is 6.43. The van der Waals surface area contributed by atoms with Gasteiger partial charge in [-0.3, -0.25) is 9.80 Å². The third-order valence-electron chi connectivity index (χ3n) is 5.69. The molecule has 2 aliphatic heterocycles. The molecule has 2 aliphatic rings. The summed E-state index contributed by atoms with van der Waals surface area (Å²) in [7, 11) is 0. The average Bonchev–Trinajstić information content (AvgIpc) is 3.15. The lowest BCUT2D eigenvalue weighted by atomic mass is 10.0. The first-order valence-corrected chi connectivity index (χ1v) is 10.3. The predicted molar refractivity (Wildman–Crippen MR) is 109 cm³/mol. The van der Waals surface area contributed by atoms with E-state index in [0.717, 1.165) is 26.2 Å². The van der Waals surface area contributed by atoms with Gasteiger partial charge in [-0.1, -0.05) is 30.3 Å². The molecule has 5 heteroatoms. The van der Waals surface area contributed by atoms with Crippen molar-refractivity contribution in [2.75, 3.05) is 32.7 Å². The van der Waals surface area contributed by atoms with Gasteiger partial charge in [0, 0.05) is 38.3 Å². The molecule has 1 aromatic carbocycles. The molecule has 3 rings (SSSR count). The molecule has 2 heterocycles. The third-order valence-corrected chi connectivity index (χ3v) is 5.69. The van der Waals surface area contributed by atoms with E-state index in [-0.39, 0.29) is 6.09 Å². The molecular weight excluding hydrogens is 338 g/mol. The zero-order chi connectivity index (χ0) is 19.4. The molecule has 0 aliphatic carbocycles. The van der Waals surface area contributed by atoms with Crippen LogP contribution >= 0.6 is 0 Å². The molecule has 0 aromatic heterocycles. The molecule has 2 saturated heterocycles. The lowest BCUT2D eigenvalue weighted by Crippen LogP contribution is -2.61. The van der Waals surface area contributed by atoms with E-state index in [1.807, 2.05) is 25.7 Å². The second-order valence-corrected chi connectivity index (χ2v) is 8.93. The summed E-state index contributed by atoms with van der Waals surface area (Å²) in [5.41, 5.74) is 0.885. The van der Waals surface area contributed by atoms with Gasteiger partial charge in [0.05, 0.1) is 0 Å². The zero-order valence-corrected chi connectivity index (χ0v) is 17.4. The second kappa shape index (κ2) is 8.61. The number of hydrogen-bond acceptors (Lipinski definition) is 4. The normalized spacial score (nSPS) is 23.4. The Morgan fingerprint density at radius 3 is 2.41 bits per heavy atom. The zero-order valence-electron chi connectivity index (χ0n) is 17.4. The van der Waals surface area contributed by atoms with Crippen molar-refractivity contribution in [3.63, 3.8) is 0 Å². The van der Waals surface area contributed by atoms with Crippen LogP contribution in [0.2, 0.25) is 0 Å². The number of likely N-dealkylation sites (tertiary alicyclic amines) is 1. The van der Waals surface area contributed by atoms with Crippen LogP contribution in [0.5, 0.6) is 0 Å². The topological polar surface area (TPSA) is 36.0 Å². The van der Waals surface area contributed by atoms with Crippen molar-refractivity contribution >= 4 is 6.09 Å². The first-order valence-electron chi connectivity index (χ1n) is 10.3. The molecule has 2 fully saturated rings. The van der Waals surface area contributed by atoms with E-state index in [4.69, 9.17) is 4.74 Å². The first-order chi connectivity index (χ1) is 12.8. The number of ether oxygens (including phenoxy) is 1. The number of benzene rings is 1. The molecule has 150 valence electrons. The molecule has 1 aromatic rings.